The standard InChI is InChI=1S/C10H19N2O2/c1-6-7-8(11(6)13)10(4,5)12(14)9(7,2)3/h6-8,11H,1-5H3. The predicted octanol–water partition coefficient (Wildman–Crippen LogP) is -0.0257. The van der Waals surface area contributed by atoms with Gasteiger partial charge in [-0.25, -0.2) is 0 Å². The number of nitrogens with zero attached hydrogens (tertiary/aromatic N) is 1. The summed E-state index contributed by atoms with van der Waals surface area (Å²) in [5, 5.41) is 25.2. The van der Waals surface area contributed by atoms with E-state index >= 15 is 0 Å². The predicted molar refractivity (Wildman–Crippen MR) is 51.8 cm³/mol. The quantitative estimate of drug-likeness (QED) is 0.557. The van der Waals surface area contributed by atoms with Crippen LogP contribution in [0.1, 0.15) is 34.6 Å². The fraction of sp³-hybridized carbons (Fsp3) is 1.00. The van der Waals surface area contributed by atoms with Crippen LogP contribution in [0, 0.1) is 11.1 Å². The van der Waals surface area contributed by atoms with Crippen LogP contribution >= 0.6 is 0 Å². The first-order valence-corrected chi connectivity index (χ1v) is 5.23. The molecule has 2 heterocycles. The van der Waals surface area contributed by atoms with Crippen LogP contribution in [0.4, 0.5) is 0 Å². The van der Waals surface area contributed by atoms with Gasteiger partial charge in [0, 0.05) is 0 Å². The van der Waals surface area contributed by atoms with Crippen molar-refractivity contribution < 1.29 is 10.3 Å². The van der Waals surface area contributed by atoms with Crippen molar-refractivity contribution in [3.63, 3.8) is 0 Å². The molecule has 0 bridgehead atoms. The van der Waals surface area contributed by atoms with Gasteiger partial charge in [0.1, 0.15) is 6.04 Å². The van der Waals surface area contributed by atoms with Crippen molar-refractivity contribution in [3.05, 3.63) is 5.21 Å². The van der Waals surface area contributed by atoms with Crippen molar-refractivity contribution in [2.75, 3.05) is 0 Å². The Morgan fingerprint density at radius 3 is 2.14 bits per heavy atom. The molecule has 2 aliphatic rings. The Morgan fingerprint density at radius 1 is 1.21 bits per heavy atom. The molecule has 4 unspecified atom stereocenters. The average molecular weight is 199 g/mol. The van der Waals surface area contributed by atoms with Crippen LogP contribution in [0.25, 0.3) is 0 Å². The van der Waals surface area contributed by atoms with E-state index in [0.717, 1.165) is 5.06 Å². The number of hydroxylamine groups is 4. The van der Waals surface area contributed by atoms with Gasteiger partial charge in [-0.15, -0.1) is 10.3 Å². The van der Waals surface area contributed by atoms with Gasteiger partial charge in [-0.2, -0.15) is 0 Å². The molecule has 1 radical (unpaired) electrons. The zero-order valence-electron chi connectivity index (χ0n) is 9.50. The summed E-state index contributed by atoms with van der Waals surface area (Å²) in [6, 6.07) is 0.0122. The number of rotatable bonds is 0. The van der Waals surface area contributed by atoms with Gasteiger partial charge in [0.15, 0.2) is 0 Å². The van der Waals surface area contributed by atoms with Crippen LogP contribution in [0.2, 0.25) is 0 Å². The van der Waals surface area contributed by atoms with Crippen molar-refractivity contribution in [2.24, 2.45) is 5.92 Å². The molecule has 0 aromatic carbocycles. The highest BCUT2D eigenvalue weighted by molar-refractivity contribution is 5.13. The molecule has 0 aliphatic carbocycles. The molecule has 0 spiro atoms. The lowest BCUT2D eigenvalue weighted by Crippen LogP contribution is -3.26. The molecule has 0 aromatic heterocycles. The smallest absolute Gasteiger partial charge is 0.118 e. The maximum absolute atomic E-state index is 12.1. The SMILES string of the molecule is CC1C2C([NH+]1[O-])C(C)(C)N([O])C2(C)C. The third kappa shape index (κ3) is 0.877. The second kappa shape index (κ2) is 2.50. The Labute approximate surface area is 85.0 Å². The summed E-state index contributed by atoms with van der Waals surface area (Å²) in [6.45, 7) is 9.62. The molecule has 2 rings (SSSR count). The summed E-state index contributed by atoms with van der Waals surface area (Å²) in [5.74, 6) is 0.238. The van der Waals surface area contributed by atoms with E-state index < -0.39 is 5.54 Å². The van der Waals surface area contributed by atoms with Crippen molar-refractivity contribution in [2.45, 2.75) is 57.8 Å². The molecule has 4 nitrogen and oxygen atoms in total. The fourth-order valence-corrected chi connectivity index (χ4v) is 3.62. The van der Waals surface area contributed by atoms with E-state index in [2.05, 4.69) is 0 Å². The van der Waals surface area contributed by atoms with Gasteiger partial charge in [0.2, 0.25) is 0 Å². The summed E-state index contributed by atoms with van der Waals surface area (Å²) < 4.78 is 0. The molecule has 4 heteroatoms. The van der Waals surface area contributed by atoms with Gasteiger partial charge < -0.3 is 10.3 Å². The monoisotopic (exact) mass is 199 g/mol. The number of fused-ring (bicyclic) bond motifs is 1. The molecular weight excluding hydrogens is 180 g/mol. The summed E-state index contributed by atoms with van der Waals surface area (Å²) >= 11 is 0. The normalized spacial score (nSPS) is 49.9. The van der Waals surface area contributed by atoms with Gasteiger partial charge in [-0.3, -0.25) is 0 Å². The first-order valence-electron chi connectivity index (χ1n) is 5.23. The Morgan fingerprint density at radius 2 is 1.71 bits per heavy atom. The summed E-state index contributed by atoms with van der Waals surface area (Å²) in [7, 11) is 0. The lowest BCUT2D eigenvalue weighted by molar-refractivity contribution is -0.962. The summed E-state index contributed by atoms with van der Waals surface area (Å²) in [6.07, 6.45) is 0. The number of quaternary nitrogens is 1. The zero-order chi connectivity index (χ0) is 10.9. The molecule has 0 saturated carbocycles. The molecule has 2 fully saturated rings. The molecule has 14 heavy (non-hydrogen) atoms. The van der Waals surface area contributed by atoms with E-state index in [-0.39, 0.29) is 28.6 Å². The summed E-state index contributed by atoms with van der Waals surface area (Å²) in [4.78, 5) is 0. The fourth-order valence-electron chi connectivity index (χ4n) is 3.62. The molecule has 0 amide bonds. The zero-order valence-corrected chi connectivity index (χ0v) is 9.50. The van der Waals surface area contributed by atoms with E-state index in [0.29, 0.717) is 0 Å². The highest BCUT2D eigenvalue weighted by Gasteiger charge is 2.71. The maximum atomic E-state index is 12.1. The maximum Gasteiger partial charge on any atom is 0.118 e. The summed E-state index contributed by atoms with van der Waals surface area (Å²) in [5.41, 5.74) is -0.904. The molecule has 1 N–H and O–H groups in total. The minimum atomic E-state index is -0.516. The lowest BCUT2D eigenvalue weighted by Gasteiger charge is -2.54. The van der Waals surface area contributed by atoms with Crippen LogP contribution in [0.3, 0.4) is 0 Å². The first-order chi connectivity index (χ1) is 6.22. The van der Waals surface area contributed by atoms with Gasteiger partial charge >= 0.3 is 0 Å². The van der Waals surface area contributed by atoms with E-state index in [1.54, 1.807) is 0 Å². The van der Waals surface area contributed by atoms with E-state index in [4.69, 9.17) is 0 Å². The van der Waals surface area contributed by atoms with Gasteiger partial charge in [-0.1, -0.05) is 0 Å². The van der Waals surface area contributed by atoms with Crippen LogP contribution < -0.4 is 5.06 Å². The second-order valence-electron chi connectivity index (χ2n) is 5.80. The first kappa shape index (κ1) is 10.4. The second-order valence-corrected chi connectivity index (χ2v) is 5.80. The van der Waals surface area contributed by atoms with Gasteiger partial charge in [0.25, 0.3) is 0 Å². The van der Waals surface area contributed by atoms with Crippen LogP contribution in [-0.2, 0) is 5.21 Å². The van der Waals surface area contributed by atoms with Crippen molar-refractivity contribution in [1.29, 1.82) is 0 Å². The molecule has 2 saturated heterocycles. The van der Waals surface area contributed by atoms with Crippen molar-refractivity contribution in [3.8, 4) is 0 Å². The Kier molecular flexibility index (Phi) is 1.85. The Balaban J connectivity index is 2.39. The van der Waals surface area contributed by atoms with Crippen molar-refractivity contribution in [1.82, 2.24) is 5.06 Å². The molecule has 4 atom stereocenters. The lowest BCUT2D eigenvalue weighted by atomic mass is 9.71. The third-order valence-corrected chi connectivity index (χ3v) is 4.28. The minimum absolute atomic E-state index is 0.0509. The minimum Gasteiger partial charge on any atom is -0.634 e. The Bertz CT molecular complexity index is 239. The van der Waals surface area contributed by atoms with Crippen LogP contribution in [0.5, 0.6) is 0 Å². The van der Waals surface area contributed by atoms with E-state index in [9.17, 15) is 10.4 Å². The third-order valence-electron chi connectivity index (χ3n) is 4.28. The Hall–Kier alpha value is -0.160. The van der Waals surface area contributed by atoms with E-state index in [1.807, 2.05) is 34.6 Å². The molecule has 2 aliphatic heterocycles. The van der Waals surface area contributed by atoms with Crippen LogP contribution in [-0.4, -0.2) is 28.2 Å². The van der Waals surface area contributed by atoms with Crippen molar-refractivity contribution >= 4 is 0 Å². The largest absolute Gasteiger partial charge is 0.634 e. The van der Waals surface area contributed by atoms with Gasteiger partial charge in [-0.05, 0) is 34.6 Å². The highest BCUT2D eigenvalue weighted by atomic mass is 16.5. The number of hydrogen-bond acceptors (Lipinski definition) is 2. The average Bonchev–Trinajstić information content (AvgIpc) is 2.21. The van der Waals surface area contributed by atoms with Gasteiger partial charge in [0.05, 0.1) is 23.0 Å². The molecular formula is C10H19N2O2. The molecule has 0 aromatic rings. The molecule has 81 valence electrons. The van der Waals surface area contributed by atoms with E-state index in [1.165, 1.54) is 0 Å². The topological polar surface area (TPSA) is 50.6 Å². The van der Waals surface area contributed by atoms with Crippen LogP contribution in [0.15, 0.2) is 0 Å². The highest BCUT2D eigenvalue weighted by Crippen LogP contribution is 2.47. The number of hydrogen-bond donors (Lipinski definition) is 1. The number of nitrogens with one attached hydrogen (secondary N) is 1.